The van der Waals surface area contributed by atoms with Gasteiger partial charge in [-0.2, -0.15) is 0 Å². The summed E-state index contributed by atoms with van der Waals surface area (Å²) in [5.74, 6) is 0.227. The Bertz CT molecular complexity index is 723. The number of carbonyl (C=O) groups excluding carboxylic acids is 1. The molecule has 0 saturated carbocycles. The Hall–Kier alpha value is -1.59. The minimum Gasteiger partial charge on any atom is -0.508 e. The molecule has 0 aromatic heterocycles. The van der Waals surface area contributed by atoms with E-state index < -0.39 is 0 Å². The Balaban J connectivity index is 2.18. The van der Waals surface area contributed by atoms with Gasteiger partial charge in [0.25, 0.3) is 0 Å². The standard InChI is InChI=1S/C18H23BrN2O2/c1-18(2,3)20-17(23)11-21(4)10-15-14-7-6-13(19)9-12(14)5-8-16(15)22/h5-9,22H,10-11H2,1-4H3,(H,20,23). The minimum absolute atomic E-state index is 0.0255. The molecular weight excluding hydrogens is 356 g/mol. The van der Waals surface area contributed by atoms with Crippen LogP contribution in [0.4, 0.5) is 0 Å². The molecule has 124 valence electrons. The van der Waals surface area contributed by atoms with E-state index in [4.69, 9.17) is 0 Å². The lowest BCUT2D eigenvalue weighted by Crippen LogP contribution is -2.45. The van der Waals surface area contributed by atoms with E-state index in [9.17, 15) is 9.90 Å². The average molecular weight is 379 g/mol. The van der Waals surface area contributed by atoms with E-state index in [2.05, 4.69) is 21.2 Å². The fraction of sp³-hybridized carbons (Fsp3) is 0.389. The van der Waals surface area contributed by atoms with Gasteiger partial charge in [-0.1, -0.05) is 28.1 Å². The second-order valence-corrected chi connectivity index (χ2v) is 7.81. The van der Waals surface area contributed by atoms with Gasteiger partial charge in [0, 0.05) is 22.1 Å². The second-order valence-electron chi connectivity index (χ2n) is 6.90. The van der Waals surface area contributed by atoms with E-state index in [1.54, 1.807) is 6.07 Å². The fourth-order valence-electron chi connectivity index (χ4n) is 2.55. The van der Waals surface area contributed by atoms with Gasteiger partial charge in [-0.05, 0) is 56.8 Å². The maximum Gasteiger partial charge on any atom is 0.234 e. The first-order chi connectivity index (χ1) is 10.7. The molecule has 0 atom stereocenters. The topological polar surface area (TPSA) is 52.6 Å². The van der Waals surface area contributed by atoms with Crippen molar-refractivity contribution in [3.63, 3.8) is 0 Å². The number of carbonyl (C=O) groups is 1. The van der Waals surface area contributed by atoms with Crippen LogP contribution in [0.25, 0.3) is 10.8 Å². The quantitative estimate of drug-likeness (QED) is 0.853. The third kappa shape index (κ3) is 4.94. The van der Waals surface area contributed by atoms with Crippen molar-refractivity contribution in [2.24, 2.45) is 0 Å². The molecule has 1 amide bonds. The lowest BCUT2D eigenvalue weighted by atomic mass is 10.0. The van der Waals surface area contributed by atoms with Crippen LogP contribution < -0.4 is 5.32 Å². The van der Waals surface area contributed by atoms with Crippen molar-refractivity contribution in [2.75, 3.05) is 13.6 Å². The number of phenols is 1. The molecule has 0 radical (unpaired) electrons. The summed E-state index contributed by atoms with van der Waals surface area (Å²) in [7, 11) is 1.87. The number of benzene rings is 2. The summed E-state index contributed by atoms with van der Waals surface area (Å²) in [6, 6.07) is 9.55. The molecule has 0 unspecified atom stereocenters. The van der Waals surface area contributed by atoms with Crippen molar-refractivity contribution >= 4 is 32.6 Å². The molecule has 0 aliphatic carbocycles. The van der Waals surface area contributed by atoms with Crippen molar-refractivity contribution in [1.82, 2.24) is 10.2 Å². The highest BCUT2D eigenvalue weighted by Gasteiger charge is 2.16. The Kier molecular flexibility index (Phi) is 5.32. The summed E-state index contributed by atoms with van der Waals surface area (Å²) in [6.07, 6.45) is 0. The van der Waals surface area contributed by atoms with Crippen LogP contribution in [0.2, 0.25) is 0 Å². The Morgan fingerprint density at radius 2 is 1.96 bits per heavy atom. The van der Waals surface area contributed by atoms with E-state index in [1.807, 2.05) is 57.0 Å². The van der Waals surface area contributed by atoms with E-state index in [1.165, 1.54) is 0 Å². The van der Waals surface area contributed by atoms with Gasteiger partial charge < -0.3 is 10.4 Å². The van der Waals surface area contributed by atoms with Crippen LogP contribution in [-0.2, 0) is 11.3 Å². The molecular formula is C18H23BrN2O2. The number of fused-ring (bicyclic) bond motifs is 1. The first kappa shape index (κ1) is 17.8. The fourth-order valence-corrected chi connectivity index (χ4v) is 2.93. The third-order valence-electron chi connectivity index (χ3n) is 3.42. The number of phenolic OH excluding ortho intramolecular Hbond substituents is 1. The van der Waals surface area contributed by atoms with Crippen LogP contribution in [0, 0.1) is 0 Å². The molecule has 0 aliphatic heterocycles. The summed E-state index contributed by atoms with van der Waals surface area (Å²) in [4.78, 5) is 13.9. The highest BCUT2D eigenvalue weighted by Crippen LogP contribution is 2.30. The van der Waals surface area contributed by atoms with E-state index in [-0.39, 0.29) is 23.7 Å². The zero-order chi connectivity index (χ0) is 17.2. The first-order valence-electron chi connectivity index (χ1n) is 7.55. The van der Waals surface area contributed by atoms with E-state index in [0.29, 0.717) is 6.54 Å². The normalized spacial score (nSPS) is 11.9. The molecule has 4 nitrogen and oxygen atoms in total. The summed E-state index contributed by atoms with van der Waals surface area (Å²) < 4.78 is 1.000. The lowest BCUT2D eigenvalue weighted by molar-refractivity contribution is -0.123. The van der Waals surface area contributed by atoms with Gasteiger partial charge in [-0.25, -0.2) is 0 Å². The summed E-state index contributed by atoms with van der Waals surface area (Å²) in [5, 5.41) is 15.2. The maximum atomic E-state index is 12.0. The van der Waals surface area contributed by atoms with Crippen molar-refractivity contribution in [3.8, 4) is 5.75 Å². The average Bonchev–Trinajstić information content (AvgIpc) is 2.39. The van der Waals surface area contributed by atoms with Crippen molar-refractivity contribution in [3.05, 3.63) is 40.4 Å². The molecule has 2 aromatic rings. The maximum absolute atomic E-state index is 12.0. The number of nitrogens with zero attached hydrogens (tertiary/aromatic N) is 1. The molecule has 0 saturated heterocycles. The van der Waals surface area contributed by atoms with Crippen LogP contribution in [0.3, 0.4) is 0 Å². The number of nitrogens with one attached hydrogen (secondary N) is 1. The van der Waals surface area contributed by atoms with Crippen LogP contribution in [-0.4, -0.2) is 35.0 Å². The van der Waals surface area contributed by atoms with Gasteiger partial charge in [0.15, 0.2) is 0 Å². The zero-order valence-electron chi connectivity index (χ0n) is 14.0. The van der Waals surface area contributed by atoms with Gasteiger partial charge in [0.2, 0.25) is 5.91 Å². The summed E-state index contributed by atoms with van der Waals surface area (Å²) in [5.41, 5.74) is 0.590. The molecule has 0 bridgehead atoms. The van der Waals surface area contributed by atoms with Crippen molar-refractivity contribution in [1.29, 1.82) is 0 Å². The van der Waals surface area contributed by atoms with Gasteiger partial charge in [-0.15, -0.1) is 0 Å². The highest BCUT2D eigenvalue weighted by atomic mass is 79.9. The van der Waals surface area contributed by atoms with Gasteiger partial charge in [0.05, 0.1) is 6.54 Å². The SMILES string of the molecule is CN(CC(=O)NC(C)(C)C)Cc1c(O)ccc2cc(Br)ccc12. The number of amides is 1. The molecule has 0 aliphatic rings. The largest absolute Gasteiger partial charge is 0.508 e. The van der Waals surface area contributed by atoms with Crippen LogP contribution in [0.1, 0.15) is 26.3 Å². The highest BCUT2D eigenvalue weighted by molar-refractivity contribution is 9.10. The summed E-state index contributed by atoms with van der Waals surface area (Å²) in [6.45, 7) is 6.66. The molecule has 2 aromatic carbocycles. The number of aromatic hydroxyl groups is 1. The lowest BCUT2D eigenvalue weighted by Gasteiger charge is -2.24. The minimum atomic E-state index is -0.244. The molecule has 5 heteroatoms. The van der Waals surface area contributed by atoms with Crippen molar-refractivity contribution < 1.29 is 9.90 Å². The Morgan fingerprint density at radius 3 is 2.61 bits per heavy atom. The van der Waals surface area contributed by atoms with E-state index in [0.717, 1.165) is 20.8 Å². The molecule has 0 fully saturated rings. The molecule has 23 heavy (non-hydrogen) atoms. The third-order valence-corrected chi connectivity index (χ3v) is 3.92. The van der Waals surface area contributed by atoms with Gasteiger partial charge >= 0.3 is 0 Å². The number of hydrogen-bond donors (Lipinski definition) is 2. The van der Waals surface area contributed by atoms with Crippen LogP contribution in [0.5, 0.6) is 5.75 Å². The van der Waals surface area contributed by atoms with Crippen LogP contribution in [0.15, 0.2) is 34.8 Å². The van der Waals surface area contributed by atoms with Gasteiger partial charge in [0.1, 0.15) is 5.75 Å². The first-order valence-corrected chi connectivity index (χ1v) is 8.35. The molecule has 2 rings (SSSR count). The predicted octanol–water partition coefficient (Wildman–Crippen LogP) is 3.65. The molecule has 0 heterocycles. The smallest absolute Gasteiger partial charge is 0.234 e. The molecule has 2 N–H and O–H groups in total. The number of hydrogen-bond acceptors (Lipinski definition) is 3. The van der Waals surface area contributed by atoms with Crippen LogP contribution >= 0.6 is 15.9 Å². The van der Waals surface area contributed by atoms with Crippen molar-refractivity contribution in [2.45, 2.75) is 32.9 Å². The second kappa shape index (κ2) is 6.89. The monoisotopic (exact) mass is 378 g/mol. The summed E-state index contributed by atoms with van der Waals surface area (Å²) >= 11 is 3.46. The number of likely N-dealkylation sites (N-methyl/N-ethyl adjacent to an activating group) is 1. The number of rotatable bonds is 4. The predicted molar refractivity (Wildman–Crippen MR) is 97.5 cm³/mol. The Labute approximate surface area is 145 Å². The zero-order valence-corrected chi connectivity index (χ0v) is 15.6. The Morgan fingerprint density at radius 1 is 1.26 bits per heavy atom. The van der Waals surface area contributed by atoms with E-state index >= 15 is 0 Å². The number of halogens is 1. The molecule has 0 spiro atoms. The van der Waals surface area contributed by atoms with Gasteiger partial charge in [-0.3, -0.25) is 9.69 Å².